The number of halogens is 2. The monoisotopic (exact) mass is 450 g/mol. The largest absolute Gasteiger partial charge is 0.494 e. The fourth-order valence-corrected chi connectivity index (χ4v) is 4.88. The fourth-order valence-electron chi connectivity index (χ4n) is 2.96. The van der Waals surface area contributed by atoms with Gasteiger partial charge in [-0.1, -0.05) is 36.4 Å². The lowest BCUT2D eigenvalue weighted by molar-refractivity contribution is 0.414. The number of nitrogens with one attached hydrogen (secondary N) is 1. The Hall–Kier alpha value is -2.12. The zero-order valence-electron chi connectivity index (χ0n) is 15.8. The van der Waals surface area contributed by atoms with E-state index in [1.165, 1.54) is 12.1 Å². The maximum atomic E-state index is 12.9. The van der Waals surface area contributed by atoms with E-state index in [1.54, 1.807) is 50.7 Å². The summed E-state index contributed by atoms with van der Waals surface area (Å²) in [7, 11) is -2.29. The smallest absolute Gasteiger partial charge is 0.241 e. The molecule has 1 unspecified atom stereocenters. The molecule has 0 fully saturated rings. The number of benzene rings is 2. The molecule has 0 aliphatic carbocycles. The Morgan fingerprint density at radius 2 is 1.79 bits per heavy atom. The number of aromatic nitrogens is 1. The van der Waals surface area contributed by atoms with Gasteiger partial charge < -0.3 is 4.74 Å². The molecule has 0 spiro atoms. The van der Waals surface area contributed by atoms with Crippen molar-refractivity contribution < 1.29 is 13.2 Å². The average Bonchev–Trinajstić information content (AvgIpc) is 2.74. The second-order valence-corrected chi connectivity index (χ2v) is 9.36. The number of hydrogen-bond donors (Lipinski definition) is 1. The lowest BCUT2D eigenvalue weighted by Gasteiger charge is -2.32. The third-order valence-corrected chi connectivity index (χ3v) is 7.07. The fraction of sp³-hybridized carbons (Fsp3) is 0.190. The molecule has 3 rings (SSSR count). The van der Waals surface area contributed by atoms with Crippen LogP contribution in [0.1, 0.15) is 12.5 Å². The predicted octanol–water partition coefficient (Wildman–Crippen LogP) is 4.75. The molecule has 3 aromatic rings. The van der Waals surface area contributed by atoms with E-state index >= 15 is 0 Å². The molecule has 1 atom stereocenters. The van der Waals surface area contributed by atoms with Gasteiger partial charge in [0.15, 0.2) is 0 Å². The molecule has 5 nitrogen and oxygen atoms in total. The molecule has 0 saturated heterocycles. The van der Waals surface area contributed by atoms with Gasteiger partial charge in [-0.2, -0.15) is 4.72 Å². The van der Waals surface area contributed by atoms with Crippen molar-refractivity contribution in [3.63, 3.8) is 0 Å². The highest BCUT2D eigenvalue weighted by atomic mass is 35.5. The first-order chi connectivity index (χ1) is 13.8. The lowest BCUT2D eigenvalue weighted by atomic mass is 9.92. The minimum Gasteiger partial charge on any atom is -0.494 e. The van der Waals surface area contributed by atoms with Crippen LogP contribution in [0, 0.1) is 0 Å². The second-order valence-electron chi connectivity index (χ2n) is 6.58. The van der Waals surface area contributed by atoms with E-state index in [4.69, 9.17) is 27.9 Å². The van der Waals surface area contributed by atoms with E-state index < -0.39 is 20.4 Å². The standard InChI is InChI=1S/C21H20Cl2N2O3S/c1-21(20(22)23,25-29(26,27)17-9-4-3-5-10-17)16-8-6-7-15(13-16)18-11-12-24-14-19(18)28-2/h3-14,20,25H,1-2H3. The molecule has 8 heteroatoms. The summed E-state index contributed by atoms with van der Waals surface area (Å²) in [6, 6.07) is 17.2. The second kappa shape index (κ2) is 8.71. The summed E-state index contributed by atoms with van der Waals surface area (Å²) in [5, 5.41) is 0. The Morgan fingerprint density at radius 3 is 2.45 bits per heavy atom. The van der Waals surface area contributed by atoms with E-state index in [9.17, 15) is 8.42 Å². The number of ether oxygens (including phenoxy) is 1. The van der Waals surface area contributed by atoms with Crippen molar-refractivity contribution in [1.29, 1.82) is 0 Å². The van der Waals surface area contributed by atoms with Crippen LogP contribution in [0.3, 0.4) is 0 Å². The topological polar surface area (TPSA) is 68.3 Å². The highest BCUT2D eigenvalue weighted by Crippen LogP contribution is 2.36. The van der Waals surface area contributed by atoms with Crippen LogP contribution in [0.25, 0.3) is 11.1 Å². The van der Waals surface area contributed by atoms with Crippen LogP contribution < -0.4 is 9.46 Å². The molecule has 152 valence electrons. The number of methoxy groups -OCH3 is 1. The van der Waals surface area contributed by atoms with E-state index in [0.717, 1.165) is 11.1 Å². The van der Waals surface area contributed by atoms with Crippen molar-refractivity contribution in [3.05, 3.63) is 78.6 Å². The van der Waals surface area contributed by atoms with Gasteiger partial charge in [-0.05, 0) is 42.3 Å². The van der Waals surface area contributed by atoms with Crippen LogP contribution in [-0.2, 0) is 15.6 Å². The molecule has 1 N–H and O–H groups in total. The van der Waals surface area contributed by atoms with Gasteiger partial charge in [0, 0.05) is 11.8 Å². The molecular weight excluding hydrogens is 431 g/mol. The summed E-state index contributed by atoms with van der Waals surface area (Å²) in [5.74, 6) is 0.601. The normalized spacial score (nSPS) is 13.8. The van der Waals surface area contributed by atoms with Crippen molar-refractivity contribution in [1.82, 2.24) is 9.71 Å². The SMILES string of the molecule is COc1cnccc1-c1cccc(C(C)(NS(=O)(=O)c2ccccc2)C(Cl)Cl)c1. The van der Waals surface area contributed by atoms with E-state index in [0.29, 0.717) is 11.3 Å². The first kappa shape index (κ1) is 21.6. The third-order valence-electron chi connectivity index (χ3n) is 4.61. The van der Waals surface area contributed by atoms with Crippen molar-refractivity contribution in [3.8, 4) is 16.9 Å². The van der Waals surface area contributed by atoms with E-state index in [2.05, 4.69) is 9.71 Å². The maximum absolute atomic E-state index is 12.9. The average molecular weight is 451 g/mol. The molecule has 0 amide bonds. The summed E-state index contributed by atoms with van der Waals surface area (Å²) >= 11 is 12.5. The van der Waals surface area contributed by atoms with Gasteiger partial charge in [0.05, 0.1) is 23.7 Å². The van der Waals surface area contributed by atoms with E-state index in [-0.39, 0.29) is 4.90 Å². The molecule has 0 bridgehead atoms. The maximum Gasteiger partial charge on any atom is 0.241 e. The molecule has 29 heavy (non-hydrogen) atoms. The quantitative estimate of drug-likeness (QED) is 0.527. The lowest BCUT2D eigenvalue weighted by Crippen LogP contribution is -2.48. The number of sulfonamides is 1. The summed E-state index contributed by atoms with van der Waals surface area (Å²) in [6.45, 7) is 1.65. The zero-order valence-corrected chi connectivity index (χ0v) is 18.2. The van der Waals surface area contributed by atoms with Crippen LogP contribution in [0.15, 0.2) is 78.0 Å². The number of rotatable bonds is 7. The van der Waals surface area contributed by atoms with Crippen LogP contribution in [0.5, 0.6) is 5.75 Å². The van der Waals surface area contributed by atoms with Crippen LogP contribution in [0.4, 0.5) is 0 Å². The molecule has 1 aromatic heterocycles. The molecule has 0 saturated carbocycles. The third kappa shape index (κ3) is 4.56. The van der Waals surface area contributed by atoms with Gasteiger partial charge in [0.2, 0.25) is 10.0 Å². The predicted molar refractivity (Wildman–Crippen MR) is 116 cm³/mol. The van der Waals surface area contributed by atoms with Gasteiger partial charge in [-0.3, -0.25) is 4.98 Å². The zero-order chi connectivity index (χ0) is 21.1. The molecule has 2 aromatic carbocycles. The highest BCUT2D eigenvalue weighted by molar-refractivity contribution is 7.89. The number of pyridine rings is 1. The van der Waals surface area contributed by atoms with Gasteiger partial charge in [-0.25, -0.2) is 8.42 Å². The van der Waals surface area contributed by atoms with Crippen molar-refractivity contribution in [2.75, 3.05) is 7.11 Å². The minimum absolute atomic E-state index is 0.132. The Kier molecular flexibility index (Phi) is 6.49. The molecule has 0 aliphatic heterocycles. The number of hydrogen-bond acceptors (Lipinski definition) is 4. The molecule has 0 aliphatic rings. The highest BCUT2D eigenvalue weighted by Gasteiger charge is 2.38. The summed E-state index contributed by atoms with van der Waals surface area (Å²) in [6.07, 6.45) is 3.28. The first-order valence-corrected chi connectivity index (χ1v) is 11.1. The van der Waals surface area contributed by atoms with Gasteiger partial charge in [0.25, 0.3) is 0 Å². The summed E-state index contributed by atoms with van der Waals surface area (Å²) < 4.78 is 33.9. The molecule has 1 heterocycles. The Bertz CT molecular complexity index is 1090. The van der Waals surface area contributed by atoms with Crippen molar-refractivity contribution in [2.45, 2.75) is 22.2 Å². The van der Waals surface area contributed by atoms with E-state index in [1.807, 2.05) is 24.3 Å². The Labute approximate surface area is 180 Å². The van der Waals surface area contributed by atoms with Crippen molar-refractivity contribution in [2.24, 2.45) is 0 Å². The summed E-state index contributed by atoms with van der Waals surface area (Å²) in [5.41, 5.74) is 0.983. The number of alkyl halides is 2. The summed E-state index contributed by atoms with van der Waals surface area (Å²) in [4.78, 5) is 3.15. The Balaban J connectivity index is 2.06. The van der Waals surface area contributed by atoms with Crippen LogP contribution in [0.2, 0.25) is 0 Å². The molecular formula is C21H20Cl2N2O3S. The van der Waals surface area contributed by atoms with Crippen LogP contribution in [-0.4, -0.2) is 25.3 Å². The van der Waals surface area contributed by atoms with Gasteiger partial charge in [0.1, 0.15) is 10.6 Å². The Morgan fingerprint density at radius 1 is 1.07 bits per heavy atom. The molecule has 0 radical (unpaired) electrons. The first-order valence-electron chi connectivity index (χ1n) is 8.74. The minimum atomic E-state index is -3.86. The van der Waals surface area contributed by atoms with Gasteiger partial charge >= 0.3 is 0 Å². The van der Waals surface area contributed by atoms with Gasteiger partial charge in [-0.15, -0.1) is 23.2 Å². The van der Waals surface area contributed by atoms with Crippen molar-refractivity contribution >= 4 is 33.2 Å². The number of nitrogens with zero attached hydrogens (tertiary/aromatic N) is 1. The van der Waals surface area contributed by atoms with Crippen LogP contribution >= 0.6 is 23.2 Å².